The largest absolute Gasteiger partial charge is 0.429 e. The minimum atomic E-state index is -4.37. The number of benzene rings is 3. The molecule has 1 aliphatic carbocycles. The first-order valence-electron chi connectivity index (χ1n) is 11.1. The molecule has 9 heteroatoms. The van der Waals surface area contributed by atoms with Gasteiger partial charge in [0.25, 0.3) is 0 Å². The number of ether oxygens (including phenoxy) is 1. The Balaban J connectivity index is 1.57. The normalized spacial score (nSPS) is 18.2. The summed E-state index contributed by atoms with van der Waals surface area (Å²) in [5, 5.41) is 0. The molecule has 4 rings (SSSR count). The van der Waals surface area contributed by atoms with Crippen LogP contribution in [-0.4, -0.2) is 0 Å². The van der Waals surface area contributed by atoms with Gasteiger partial charge in [-0.05, 0) is 79.0 Å². The summed E-state index contributed by atoms with van der Waals surface area (Å²) in [6.45, 7) is 3.72. The maximum absolute atomic E-state index is 14.8. The Morgan fingerprint density at radius 1 is 0.750 bits per heavy atom. The fourth-order valence-corrected chi connectivity index (χ4v) is 4.48. The zero-order valence-electron chi connectivity index (χ0n) is 18.7. The van der Waals surface area contributed by atoms with E-state index >= 15 is 0 Å². The van der Waals surface area contributed by atoms with Crippen molar-refractivity contribution in [3.63, 3.8) is 0 Å². The Bertz CT molecular complexity index is 1270. The van der Waals surface area contributed by atoms with Gasteiger partial charge < -0.3 is 4.74 Å². The molecule has 3 aromatic carbocycles. The lowest BCUT2D eigenvalue weighted by Crippen LogP contribution is -2.25. The van der Waals surface area contributed by atoms with E-state index in [1.54, 1.807) is 6.08 Å². The van der Waals surface area contributed by atoms with Crippen LogP contribution in [0.25, 0.3) is 11.1 Å². The first kappa shape index (κ1) is 25.7. The highest BCUT2D eigenvalue weighted by atomic mass is 19.3. The molecule has 0 spiro atoms. The van der Waals surface area contributed by atoms with Crippen molar-refractivity contribution in [3.05, 3.63) is 101 Å². The van der Waals surface area contributed by atoms with Gasteiger partial charge in [0.15, 0.2) is 29.1 Å². The number of rotatable bonds is 6. The van der Waals surface area contributed by atoms with Crippen molar-refractivity contribution >= 4 is 0 Å². The smallest absolute Gasteiger partial charge is 0.429 e. The van der Waals surface area contributed by atoms with E-state index in [0.29, 0.717) is 31.0 Å². The van der Waals surface area contributed by atoms with Crippen LogP contribution in [0.2, 0.25) is 0 Å². The quantitative estimate of drug-likeness (QED) is 0.182. The van der Waals surface area contributed by atoms with E-state index in [9.17, 15) is 35.1 Å². The second kappa shape index (κ2) is 9.95. The second-order valence-electron chi connectivity index (χ2n) is 8.69. The van der Waals surface area contributed by atoms with E-state index in [2.05, 4.69) is 11.3 Å². The highest BCUT2D eigenvalue weighted by Crippen LogP contribution is 2.41. The van der Waals surface area contributed by atoms with Gasteiger partial charge in [0.05, 0.1) is 0 Å². The van der Waals surface area contributed by atoms with Crippen molar-refractivity contribution in [2.24, 2.45) is 5.92 Å². The van der Waals surface area contributed by atoms with Gasteiger partial charge in [0, 0.05) is 11.6 Å². The standard InChI is InChI=1S/C27H20F8O/c1-2-14-3-5-15(6-4-14)19-9-10-20(25(32)24(19)31)27(34,35)36-17-7-8-18(21(28)13-17)16-11-22(29)26(33)23(30)12-16/h2,7-15H,1,3-6H2. The molecule has 0 unspecified atom stereocenters. The Labute approximate surface area is 202 Å². The summed E-state index contributed by atoms with van der Waals surface area (Å²) in [7, 11) is 0. The summed E-state index contributed by atoms with van der Waals surface area (Å²) >= 11 is 0. The van der Waals surface area contributed by atoms with E-state index in [-0.39, 0.29) is 23.0 Å². The third-order valence-electron chi connectivity index (χ3n) is 6.45. The summed E-state index contributed by atoms with van der Waals surface area (Å²) in [5.41, 5.74) is -2.16. The molecule has 1 fully saturated rings. The molecular weight excluding hydrogens is 492 g/mol. The molecule has 0 amide bonds. The fourth-order valence-electron chi connectivity index (χ4n) is 4.48. The molecule has 0 atom stereocenters. The third-order valence-corrected chi connectivity index (χ3v) is 6.45. The first-order chi connectivity index (χ1) is 17.0. The first-order valence-corrected chi connectivity index (χ1v) is 11.1. The Hall–Kier alpha value is -3.36. The summed E-state index contributed by atoms with van der Waals surface area (Å²) in [4.78, 5) is 0. The maximum atomic E-state index is 14.8. The number of alkyl halides is 2. The van der Waals surface area contributed by atoms with E-state index in [1.165, 1.54) is 0 Å². The predicted molar refractivity (Wildman–Crippen MR) is 117 cm³/mol. The van der Waals surface area contributed by atoms with Crippen LogP contribution < -0.4 is 4.74 Å². The lowest BCUT2D eigenvalue weighted by Gasteiger charge is -2.28. The monoisotopic (exact) mass is 512 g/mol. The summed E-state index contributed by atoms with van der Waals surface area (Å²) in [6.07, 6.45) is 0.0231. The molecule has 0 N–H and O–H groups in total. The van der Waals surface area contributed by atoms with Crippen molar-refractivity contribution in [3.8, 4) is 16.9 Å². The van der Waals surface area contributed by atoms with Gasteiger partial charge in [-0.3, -0.25) is 0 Å². The molecule has 190 valence electrons. The molecule has 0 radical (unpaired) electrons. The third kappa shape index (κ3) is 4.96. The van der Waals surface area contributed by atoms with Crippen LogP contribution >= 0.6 is 0 Å². The molecule has 0 heterocycles. The van der Waals surface area contributed by atoms with Gasteiger partial charge in [-0.15, -0.1) is 6.58 Å². The van der Waals surface area contributed by atoms with Crippen molar-refractivity contribution in [1.82, 2.24) is 0 Å². The maximum Gasteiger partial charge on any atom is 0.429 e. The van der Waals surface area contributed by atoms with Crippen molar-refractivity contribution < 1.29 is 39.9 Å². The average molecular weight is 512 g/mol. The van der Waals surface area contributed by atoms with Crippen LogP contribution in [0.4, 0.5) is 35.1 Å². The number of hydrogen-bond donors (Lipinski definition) is 0. The highest BCUT2D eigenvalue weighted by Gasteiger charge is 2.40. The zero-order valence-corrected chi connectivity index (χ0v) is 18.7. The molecule has 0 aliphatic heterocycles. The highest BCUT2D eigenvalue weighted by molar-refractivity contribution is 5.65. The molecule has 0 aromatic heterocycles. The van der Waals surface area contributed by atoms with Crippen molar-refractivity contribution in [2.45, 2.75) is 37.7 Å². The Morgan fingerprint density at radius 3 is 1.97 bits per heavy atom. The molecule has 36 heavy (non-hydrogen) atoms. The van der Waals surface area contributed by atoms with Crippen molar-refractivity contribution in [1.29, 1.82) is 0 Å². The molecule has 1 aliphatic rings. The number of allylic oxidation sites excluding steroid dienone is 1. The van der Waals surface area contributed by atoms with Crippen LogP contribution in [0.1, 0.15) is 42.7 Å². The number of hydrogen-bond acceptors (Lipinski definition) is 1. The zero-order chi connectivity index (χ0) is 26.2. The molecule has 0 bridgehead atoms. The van der Waals surface area contributed by atoms with Gasteiger partial charge >= 0.3 is 6.11 Å². The van der Waals surface area contributed by atoms with E-state index in [4.69, 9.17) is 0 Å². The average Bonchev–Trinajstić information content (AvgIpc) is 2.83. The van der Waals surface area contributed by atoms with E-state index in [0.717, 1.165) is 37.1 Å². The molecule has 0 saturated heterocycles. The van der Waals surface area contributed by atoms with Gasteiger partial charge in [-0.2, -0.15) is 8.78 Å². The van der Waals surface area contributed by atoms with Crippen LogP contribution in [0.15, 0.2) is 55.1 Å². The van der Waals surface area contributed by atoms with Crippen LogP contribution in [-0.2, 0) is 6.11 Å². The van der Waals surface area contributed by atoms with Crippen LogP contribution in [0.3, 0.4) is 0 Å². The SMILES string of the molecule is C=CC1CCC(c2ccc(C(F)(F)Oc3ccc(-c4cc(F)c(F)c(F)c4)c(F)c3)c(F)c2F)CC1. The lowest BCUT2D eigenvalue weighted by molar-refractivity contribution is -0.187. The van der Waals surface area contributed by atoms with Gasteiger partial charge in [-0.25, -0.2) is 26.3 Å². The summed E-state index contributed by atoms with van der Waals surface area (Å²) < 4.78 is 118. The van der Waals surface area contributed by atoms with Crippen LogP contribution in [0, 0.1) is 40.8 Å². The summed E-state index contributed by atoms with van der Waals surface area (Å²) in [6, 6.07) is 5.14. The second-order valence-corrected chi connectivity index (χ2v) is 8.69. The molecule has 1 saturated carbocycles. The molecule has 3 aromatic rings. The topological polar surface area (TPSA) is 9.23 Å². The minimum Gasteiger partial charge on any atom is -0.429 e. The van der Waals surface area contributed by atoms with Gasteiger partial charge in [0.1, 0.15) is 17.1 Å². The lowest BCUT2D eigenvalue weighted by atomic mass is 9.78. The summed E-state index contributed by atoms with van der Waals surface area (Å²) in [5.74, 6) is -10.0. The molecule has 1 nitrogen and oxygen atoms in total. The molecular formula is C27H20F8O. The number of halogens is 8. The minimum absolute atomic E-state index is 0.00345. The van der Waals surface area contributed by atoms with Crippen molar-refractivity contribution in [2.75, 3.05) is 0 Å². The van der Waals surface area contributed by atoms with Crippen LogP contribution in [0.5, 0.6) is 5.75 Å². The fraction of sp³-hybridized carbons (Fsp3) is 0.259. The Kier molecular flexibility index (Phi) is 7.11. The van der Waals surface area contributed by atoms with Gasteiger partial charge in [-0.1, -0.05) is 12.1 Å². The Morgan fingerprint density at radius 2 is 1.39 bits per heavy atom. The van der Waals surface area contributed by atoms with Gasteiger partial charge in [0.2, 0.25) is 0 Å². The van der Waals surface area contributed by atoms with E-state index in [1.807, 2.05) is 0 Å². The predicted octanol–water partition coefficient (Wildman–Crippen LogP) is 8.78. The van der Waals surface area contributed by atoms with E-state index < -0.39 is 57.9 Å².